The van der Waals surface area contributed by atoms with Crippen molar-refractivity contribution >= 4 is 17.5 Å². The molecule has 20 heavy (non-hydrogen) atoms. The topological polar surface area (TPSA) is 54.5 Å². The minimum atomic E-state index is -0.106. The second-order valence-corrected chi connectivity index (χ2v) is 5.73. The average molecular weight is 296 g/mol. The Morgan fingerprint density at radius 1 is 1.45 bits per heavy atom. The minimum Gasteiger partial charge on any atom is -0.372 e. The third-order valence-corrected chi connectivity index (χ3v) is 4.03. The van der Waals surface area contributed by atoms with Gasteiger partial charge >= 0.3 is 0 Å². The van der Waals surface area contributed by atoms with Gasteiger partial charge in [-0.2, -0.15) is 0 Å². The van der Waals surface area contributed by atoms with Crippen molar-refractivity contribution in [3.8, 4) is 0 Å². The second kappa shape index (κ2) is 6.08. The predicted molar refractivity (Wildman–Crippen MR) is 75.9 cm³/mol. The molecule has 1 aromatic rings. The number of rotatable bonds is 4. The van der Waals surface area contributed by atoms with E-state index in [2.05, 4.69) is 15.2 Å². The van der Waals surface area contributed by atoms with Crippen LogP contribution < -0.4 is 5.32 Å². The van der Waals surface area contributed by atoms with Gasteiger partial charge in [-0.15, -0.1) is 0 Å². The third-order valence-electron chi connectivity index (χ3n) is 3.82. The van der Waals surface area contributed by atoms with E-state index in [1.165, 1.54) is 19.0 Å². The van der Waals surface area contributed by atoms with E-state index in [0.717, 1.165) is 19.6 Å². The number of morpholine rings is 1. The molecule has 1 N–H and O–H groups in total. The van der Waals surface area contributed by atoms with E-state index < -0.39 is 0 Å². The van der Waals surface area contributed by atoms with Crippen molar-refractivity contribution < 1.29 is 9.53 Å². The van der Waals surface area contributed by atoms with E-state index in [4.69, 9.17) is 16.3 Å². The van der Waals surface area contributed by atoms with Crippen molar-refractivity contribution in [2.45, 2.75) is 25.0 Å². The van der Waals surface area contributed by atoms with Gasteiger partial charge in [-0.3, -0.25) is 9.69 Å². The lowest BCUT2D eigenvalue weighted by Gasteiger charge is -2.31. The standard InChI is InChI=1S/C14H18ClN3O2/c15-13-7-10(3-4-16-13)14(19)17-5-6-18-8-11-1-2-12(9-18)20-11/h3-4,7,11-12H,1-2,5-6,8-9H2,(H,17,19). The summed E-state index contributed by atoms with van der Waals surface area (Å²) < 4.78 is 5.79. The molecule has 2 atom stereocenters. The maximum Gasteiger partial charge on any atom is 0.251 e. The van der Waals surface area contributed by atoms with Crippen LogP contribution in [-0.2, 0) is 4.74 Å². The van der Waals surface area contributed by atoms with Crippen LogP contribution in [0.15, 0.2) is 18.3 Å². The molecule has 2 aliphatic rings. The number of amides is 1. The van der Waals surface area contributed by atoms with E-state index in [1.54, 1.807) is 12.1 Å². The van der Waals surface area contributed by atoms with Crippen LogP contribution in [0.25, 0.3) is 0 Å². The number of ether oxygens (including phenoxy) is 1. The normalized spacial score (nSPS) is 25.6. The molecule has 3 rings (SSSR count). The number of hydrogen-bond donors (Lipinski definition) is 1. The molecule has 6 heteroatoms. The van der Waals surface area contributed by atoms with Crippen molar-refractivity contribution in [2.24, 2.45) is 0 Å². The number of nitrogens with one attached hydrogen (secondary N) is 1. The van der Waals surface area contributed by atoms with Crippen molar-refractivity contribution in [3.05, 3.63) is 29.0 Å². The lowest BCUT2D eigenvalue weighted by molar-refractivity contribution is -0.0375. The molecule has 0 aromatic carbocycles. The van der Waals surface area contributed by atoms with Crippen LogP contribution in [0.2, 0.25) is 5.15 Å². The van der Waals surface area contributed by atoms with Crippen LogP contribution in [0.4, 0.5) is 0 Å². The van der Waals surface area contributed by atoms with Gasteiger partial charge in [-0.1, -0.05) is 11.6 Å². The summed E-state index contributed by atoms with van der Waals surface area (Å²) in [7, 11) is 0. The molecular formula is C14H18ClN3O2. The molecule has 2 unspecified atom stereocenters. The zero-order valence-corrected chi connectivity index (χ0v) is 12.0. The number of halogens is 1. The van der Waals surface area contributed by atoms with Crippen molar-refractivity contribution in [1.29, 1.82) is 0 Å². The highest BCUT2D eigenvalue weighted by molar-refractivity contribution is 6.29. The van der Waals surface area contributed by atoms with E-state index in [1.807, 2.05) is 0 Å². The molecular weight excluding hydrogens is 278 g/mol. The summed E-state index contributed by atoms with van der Waals surface area (Å²) >= 11 is 5.77. The lowest BCUT2D eigenvalue weighted by atomic mass is 10.2. The fourth-order valence-corrected chi connectivity index (χ4v) is 3.03. The summed E-state index contributed by atoms with van der Waals surface area (Å²) in [6.07, 6.45) is 4.66. The first-order valence-corrected chi connectivity index (χ1v) is 7.36. The van der Waals surface area contributed by atoms with E-state index in [9.17, 15) is 4.79 Å². The third kappa shape index (κ3) is 3.29. The molecule has 108 valence electrons. The number of fused-ring (bicyclic) bond motifs is 2. The number of hydrogen-bond acceptors (Lipinski definition) is 4. The molecule has 0 aliphatic carbocycles. The Balaban J connectivity index is 1.44. The molecule has 1 amide bonds. The van der Waals surface area contributed by atoms with E-state index >= 15 is 0 Å². The van der Waals surface area contributed by atoms with Gasteiger partial charge in [0.2, 0.25) is 0 Å². The highest BCUT2D eigenvalue weighted by atomic mass is 35.5. The number of nitrogens with zero attached hydrogens (tertiary/aromatic N) is 2. The lowest BCUT2D eigenvalue weighted by Crippen LogP contribution is -2.45. The zero-order valence-electron chi connectivity index (χ0n) is 11.2. The van der Waals surface area contributed by atoms with Crippen LogP contribution in [0.5, 0.6) is 0 Å². The Morgan fingerprint density at radius 2 is 2.20 bits per heavy atom. The first kappa shape index (κ1) is 13.8. The van der Waals surface area contributed by atoms with Crippen LogP contribution in [0.1, 0.15) is 23.2 Å². The van der Waals surface area contributed by atoms with Gasteiger partial charge in [0.1, 0.15) is 5.15 Å². The van der Waals surface area contributed by atoms with E-state index in [0.29, 0.717) is 29.5 Å². The van der Waals surface area contributed by atoms with Gasteiger partial charge in [0.15, 0.2) is 0 Å². The number of likely N-dealkylation sites (tertiary alicyclic amines) is 1. The number of aromatic nitrogens is 1. The molecule has 1 aromatic heterocycles. The largest absolute Gasteiger partial charge is 0.372 e. The Bertz CT molecular complexity index is 485. The highest BCUT2D eigenvalue weighted by Gasteiger charge is 2.33. The second-order valence-electron chi connectivity index (χ2n) is 5.34. The Hall–Kier alpha value is -1.17. The van der Waals surface area contributed by atoms with Gasteiger partial charge < -0.3 is 10.1 Å². The Morgan fingerprint density at radius 3 is 2.90 bits per heavy atom. The van der Waals surface area contributed by atoms with E-state index in [-0.39, 0.29) is 5.91 Å². The fraction of sp³-hybridized carbons (Fsp3) is 0.571. The number of carbonyl (C=O) groups excluding carboxylic acids is 1. The van der Waals surface area contributed by atoms with Crippen molar-refractivity contribution in [3.63, 3.8) is 0 Å². The summed E-state index contributed by atoms with van der Waals surface area (Å²) in [5.74, 6) is -0.106. The van der Waals surface area contributed by atoms with Gasteiger partial charge in [-0.25, -0.2) is 4.98 Å². The number of carbonyl (C=O) groups is 1. The summed E-state index contributed by atoms with van der Waals surface area (Å²) in [6, 6.07) is 3.24. The molecule has 2 aliphatic heterocycles. The first-order chi connectivity index (χ1) is 9.70. The average Bonchev–Trinajstić information content (AvgIpc) is 2.78. The molecule has 3 heterocycles. The Labute approximate surface area is 123 Å². The van der Waals surface area contributed by atoms with Gasteiger partial charge in [0.05, 0.1) is 12.2 Å². The molecule has 0 saturated carbocycles. The molecule has 0 spiro atoms. The molecule has 2 bridgehead atoms. The SMILES string of the molecule is O=C(NCCN1CC2CCC(C1)O2)c1ccnc(Cl)c1. The maximum atomic E-state index is 11.9. The van der Waals surface area contributed by atoms with Crippen LogP contribution in [-0.4, -0.2) is 54.2 Å². The number of pyridine rings is 1. The molecule has 0 radical (unpaired) electrons. The summed E-state index contributed by atoms with van der Waals surface area (Å²) in [5, 5.41) is 3.25. The quantitative estimate of drug-likeness (QED) is 0.852. The predicted octanol–water partition coefficient (Wildman–Crippen LogP) is 1.33. The zero-order chi connectivity index (χ0) is 13.9. The maximum absolute atomic E-state index is 11.9. The van der Waals surface area contributed by atoms with Gasteiger partial charge in [0, 0.05) is 37.9 Å². The van der Waals surface area contributed by atoms with Crippen LogP contribution in [0.3, 0.4) is 0 Å². The fourth-order valence-electron chi connectivity index (χ4n) is 2.86. The molecule has 5 nitrogen and oxygen atoms in total. The van der Waals surface area contributed by atoms with Gasteiger partial charge in [0.25, 0.3) is 5.91 Å². The monoisotopic (exact) mass is 295 g/mol. The van der Waals surface area contributed by atoms with Gasteiger partial charge in [-0.05, 0) is 25.0 Å². The summed E-state index contributed by atoms with van der Waals surface area (Å²) in [6.45, 7) is 3.46. The minimum absolute atomic E-state index is 0.106. The van der Waals surface area contributed by atoms with Crippen molar-refractivity contribution in [2.75, 3.05) is 26.2 Å². The van der Waals surface area contributed by atoms with Crippen LogP contribution in [0, 0.1) is 0 Å². The summed E-state index contributed by atoms with van der Waals surface area (Å²) in [4.78, 5) is 18.2. The molecule has 2 saturated heterocycles. The first-order valence-electron chi connectivity index (χ1n) is 6.98. The molecule has 2 fully saturated rings. The Kier molecular flexibility index (Phi) is 4.19. The van der Waals surface area contributed by atoms with Crippen molar-refractivity contribution in [1.82, 2.24) is 15.2 Å². The highest BCUT2D eigenvalue weighted by Crippen LogP contribution is 2.25. The van der Waals surface area contributed by atoms with Crippen LogP contribution >= 0.6 is 11.6 Å². The smallest absolute Gasteiger partial charge is 0.251 e. The summed E-state index contributed by atoms with van der Waals surface area (Å²) in [5.41, 5.74) is 0.548.